The number of aliphatic hydroxyl groups is 1. The third-order valence-electron chi connectivity index (χ3n) is 4.94. The van der Waals surface area contributed by atoms with Crippen molar-refractivity contribution in [2.24, 2.45) is 5.41 Å². The maximum atomic E-state index is 12.4. The van der Waals surface area contributed by atoms with Crippen molar-refractivity contribution in [3.63, 3.8) is 0 Å². The van der Waals surface area contributed by atoms with Crippen molar-refractivity contribution in [1.29, 1.82) is 0 Å². The van der Waals surface area contributed by atoms with Crippen molar-refractivity contribution in [1.82, 2.24) is 14.7 Å². The van der Waals surface area contributed by atoms with E-state index in [4.69, 9.17) is 9.26 Å². The van der Waals surface area contributed by atoms with Gasteiger partial charge >= 0.3 is 5.97 Å². The molecule has 8 heteroatoms. The smallest absolute Gasteiger partial charge is 0.311 e. The van der Waals surface area contributed by atoms with E-state index in [1.54, 1.807) is 75.0 Å². The van der Waals surface area contributed by atoms with Crippen LogP contribution in [0.4, 0.5) is 0 Å². The Morgan fingerprint density at radius 2 is 1.94 bits per heavy atom. The average molecular weight is 464 g/mol. The molecule has 0 unspecified atom stereocenters. The van der Waals surface area contributed by atoms with Crippen LogP contribution in [-0.2, 0) is 16.1 Å². The first-order valence-electron chi connectivity index (χ1n) is 11.1. The fourth-order valence-electron chi connectivity index (χ4n) is 3.07. The van der Waals surface area contributed by atoms with Gasteiger partial charge in [0, 0.05) is 36.0 Å². The number of aliphatic hydroxyl groups excluding tert-OH is 1. The Bertz CT molecular complexity index is 1190. The standard InChI is InChI=1S/C26H29N3O5/c1-18(30)24-27-13-14-29(24)17-21-16-22(34-28-21)12-9-19-7-10-20(11-8-19)23(31)6-5-15-33-25(32)26(2,3)4/h7-8,10-11,13-14,16,18,30H,5-6,15,17H2,1-4H3/t18-/m0/s1. The molecule has 34 heavy (non-hydrogen) atoms. The number of ether oxygens (including phenoxy) is 1. The van der Waals surface area contributed by atoms with Gasteiger partial charge in [0.05, 0.1) is 18.6 Å². The summed E-state index contributed by atoms with van der Waals surface area (Å²) in [6.07, 6.45) is 3.50. The number of nitrogens with zero attached hydrogens (tertiary/aromatic N) is 3. The molecule has 0 aliphatic heterocycles. The molecule has 0 spiro atoms. The van der Waals surface area contributed by atoms with Crippen LogP contribution in [-0.4, -0.2) is 38.2 Å². The third-order valence-corrected chi connectivity index (χ3v) is 4.94. The molecule has 0 aliphatic carbocycles. The molecule has 0 saturated carbocycles. The van der Waals surface area contributed by atoms with Gasteiger partial charge in [-0.1, -0.05) is 23.2 Å². The molecule has 0 aliphatic rings. The molecule has 8 nitrogen and oxygen atoms in total. The molecular weight excluding hydrogens is 434 g/mol. The third kappa shape index (κ3) is 6.90. The summed E-state index contributed by atoms with van der Waals surface area (Å²) in [5, 5.41) is 13.8. The monoisotopic (exact) mass is 463 g/mol. The van der Waals surface area contributed by atoms with Crippen molar-refractivity contribution in [2.45, 2.75) is 53.2 Å². The molecule has 3 rings (SSSR count). The summed E-state index contributed by atoms with van der Waals surface area (Å²) < 4.78 is 12.3. The summed E-state index contributed by atoms with van der Waals surface area (Å²) in [5.41, 5.74) is 1.44. The first-order chi connectivity index (χ1) is 16.1. The van der Waals surface area contributed by atoms with Crippen molar-refractivity contribution in [3.05, 3.63) is 71.1 Å². The van der Waals surface area contributed by atoms with Gasteiger partial charge in [-0.3, -0.25) is 9.59 Å². The minimum atomic E-state index is -0.679. The summed E-state index contributed by atoms with van der Waals surface area (Å²) in [7, 11) is 0. The maximum absolute atomic E-state index is 12.4. The predicted octanol–water partition coefficient (Wildman–Crippen LogP) is 3.92. The molecule has 0 amide bonds. The Hall–Kier alpha value is -3.70. The zero-order valence-corrected chi connectivity index (χ0v) is 19.9. The van der Waals surface area contributed by atoms with Crippen molar-refractivity contribution in [3.8, 4) is 11.8 Å². The highest BCUT2D eigenvalue weighted by Gasteiger charge is 2.22. The highest BCUT2D eigenvalue weighted by atomic mass is 16.5. The van der Waals surface area contributed by atoms with E-state index >= 15 is 0 Å². The molecule has 0 saturated heterocycles. The molecule has 0 radical (unpaired) electrons. The number of imidazole rings is 1. The van der Waals surface area contributed by atoms with E-state index in [-0.39, 0.29) is 18.4 Å². The average Bonchev–Trinajstić information content (AvgIpc) is 3.44. The zero-order valence-electron chi connectivity index (χ0n) is 19.9. The fourth-order valence-corrected chi connectivity index (χ4v) is 3.07. The van der Waals surface area contributed by atoms with Crippen LogP contribution in [0, 0.1) is 17.3 Å². The molecule has 1 aromatic carbocycles. The predicted molar refractivity (Wildman–Crippen MR) is 125 cm³/mol. The van der Waals surface area contributed by atoms with Crippen LogP contribution in [0.2, 0.25) is 0 Å². The van der Waals surface area contributed by atoms with Crippen molar-refractivity contribution >= 4 is 11.8 Å². The topological polar surface area (TPSA) is 107 Å². The quantitative estimate of drug-likeness (QED) is 0.233. The molecule has 0 fully saturated rings. The second-order valence-electron chi connectivity index (χ2n) is 9.01. The highest BCUT2D eigenvalue weighted by Crippen LogP contribution is 2.16. The second-order valence-corrected chi connectivity index (χ2v) is 9.01. The number of carbonyl (C=O) groups excluding carboxylic acids is 2. The Kier molecular flexibility index (Phi) is 8.03. The number of carbonyl (C=O) groups is 2. The second kappa shape index (κ2) is 10.9. The summed E-state index contributed by atoms with van der Waals surface area (Å²) in [6, 6.07) is 8.75. The summed E-state index contributed by atoms with van der Waals surface area (Å²) >= 11 is 0. The Morgan fingerprint density at radius 1 is 1.21 bits per heavy atom. The molecule has 1 atom stereocenters. The molecule has 178 valence electrons. The van der Waals surface area contributed by atoms with Gasteiger partial charge < -0.3 is 18.9 Å². The zero-order chi connectivity index (χ0) is 24.7. The van der Waals surface area contributed by atoms with Crippen LogP contribution in [0.5, 0.6) is 0 Å². The Labute approximate surface area is 198 Å². The minimum absolute atomic E-state index is 0.0118. The molecule has 3 aromatic rings. The SMILES string of the molecule is C[C@H](O)c1nccn1Cc1cc(C#Cc2ccc(C(=O)CCCOC(=O)C(C)(C)C)cc2)on1. The van der Waals surface area contributed by atoms with E-state index in [1.165, 1.54) is 0 Å². The molecular formula is C26H29N3O5. The molecule has 2 aromatic heterocycles. The van der Waals surface area contributed by atoms with E-state index < -0.39 is 11.5 Å². The Balaban J connectivity index is 1.52. The lowest BCUT2D eigenvalue weighted by molar-refractivity contribution is -0.153. The van der Waals surface area contributed by atoms with E-state index in [9.17, 15) is 14.7 Å². The van der Waals surface area contributed by atoms with Crippen LogP contribution in [0.3, 0.4) is 0 Å². The number of hydrogen-bond donors (Lipinski definition) is 1. The van der Waals surface area contributed by atoms with Gasteiger partial charge in [0.15, 0.2) is 5.78 Å². The van der Waals surface area contributed by atoms with E-state index in [0.717, 1.165) is 5.56 Å². The van der Waals surface area contributed by atoms with Crippen LogP contribution >= 0.6 is 0 Å². The lowest BCUT2D eigenvalue weighted by Gasteiger charge is -2.16. The summed E-state index contributed by atoms with van der Waals surface area (Å²) in [5.74, 6) is 6.61. The highest BCUT2D eigenvalue weighted by molar-refractivity contribution is 5.96. The van der Waals surface area contributed by atoms with E-state index in [0.29, 0.717) is 42.2 Å². The summed E-state index contributed by atoms with van der Waals surface area (Å²) in [4.78, 5) is 28.2. The first kappa shape index (κ1) is 24.9. The van der Waals surface area contributed by atoms with Gasteiger partial charge in [0.1, 0.15) is 17.6 Å². The summed E-state index contributed by atoms with van der Waals surface area (Å²) in [6.45, 7) is 7.68. The maximum Gasteiger partial charge on any atom is 0.311 e. The van der Waals surface area contributed by atoms with E-state index in [1.807, 2.05) is 0 Å². The number of ketones is 1. The lowest BCUT2D eigenvalue weighted by Crippen LogP contribution is -2.23. The van der Waals surface area contributed by atoms with Crippen LogP contribution in [0.1, 0.15) is 79.8 Å². The number of rotatable bonds is 8. The normalized spacial score (nSPS) is 12.0. The number of aromatic nitrogens is 3. The van der Waals surface area contributed by atoms with Gasteiger partial charge in [-0.2, -0.15) is 0 Å². The van der Waals surface area contributed by atoms with Gasteiger partial charge in [0.25, 0.3) is 0 Å². The number of Topliss-reactive ketones (excluding diaryl/α,β-unsaturated/α-hetero) is 1. The first-order valence-corrected chi connectivity index (χ1v) is 11.1. The Morgan fingerprint density at radius 3 is 2.62 bits per heavy atom. The number of esters is 1. The van der Waals surface area contributed by atoms with E-state index in [2.05, 4.69) is 22.0 Å². The van der Waals surface area contributed by atoms with Crippen LogP contribution < -0.4 is 0 Å². The van der Waals surface area contributed by atoms with Gasteiger partial charge in [-0.15, -0.1) is 0 Å². The van der Waals surface area contributed by atoms with Gasteiger partial charge in [-0.05, 0) is 52.2 Å². The van der Waals surface area contributed by atoms with Crippen LogP contribution in [0.15, 0.2) is 47.2 Å². The minimum Gasteiger partial charge on any atom is -0.465 e. The molecule has 1 N–H and O–H groups in total. The number of hydrogen-bond acceptors (Lipinski definition) is 7. The molecule has 2 heterocycles. The van der Waals surface area contributed by atoms with Crippen molar-refractivity contribution in [2.75, 3.05) is 6.61 Å². The molecule has 0 bridgehead atoms. The fraction of sp³-hybridized carbons (Fsp3) is 0.385. The van der Waals surface area contributed by atoms with Gasteiger partial charge in [-0.25, -0.2) is 4.98 Å². The number of benzene rings is 1. The van der Waals surface area contributed by atoms with Crippen LogP contribution in [0.25, 0.3) is 0 Å². The van der Waals surface area contributed by atoms with Gasteiger partial charge in [0.2, 0.25) is 5.76 Å². The lowest BCUT2D eigenvalue weighted by atomic mass is 9.97. The largest absolute Gasteiger partial charge is 0.465 e. The van der Waals surface area contributed by atoms with Crippen molar-refractivity contribution < 1.29 is 24.0 Å².